The molecule has 2 atom stereocenters. The minimum absolute atomic E-state index is 0.0265. The Bertz CT molecular complexity index is 955. The van der Waals surface area contributed by atoms with Crippen LogP contribution in [0.1, 0.15) is 37.4 Å². The number of esters is 2. The molecule has 1 amide bonds. The second-order valence-electron chi connectivity index (χ2n) is 6.48. The lowest BCUT2D eigenvalue weighted by molar-refractivity contribution is -0.159. The van der Waals surface area contributed by atoms with E-state index in [0.717, 1.165) is 0 Å². The molecule has 0 bridgehead atoms. The van der Waals surface area contributed by atoms with Gasteiger partial charge in [0.2, 0.25) is 6.41 Å². The van der Waals surface area contributed by atoms with Gasteiger partial charge in [-0.3, -0.25) is 24.2 Å². The number of amides is 1. The molecule has 2 aromatic rings. The number of carbonyl (C=O) groups is 3. The van der Waals surface area contributed by atoms with Crippen LogP contribution < -0.4 is 10.9 Å². The standard InChI is InChI=1S/C20H24BrN3O6/c1-4-29-14(26)11-20(22-12-25,19(28)30-5-2)15(13-9-7-6-8-10-13)17-16(21)18(27)23-24(17)3/h6-10,12,15H,4-5,11H2,1-3H3,(H,22,25)(H,23,27). The van der Waals surface area contributed by atoms with Crippen molar-refractivity contribution in [2.45, 2.75) is 31.7 Å². The van der Waals surface area contributed by atoms with Crippen LogP contribution in [0.3, 0.4) is 0 Å². The molecule has 1 aromatic carbocycles. The number of aryl methyl sites for hydroxylation is 1. The van der Waals surface area contributed by atoms with Crippen LogP contribution in [-0.4, -0.2) is 46.9 Å². The highest BCUT2D eigenvalue weighted by atomic mass is 79.9. The number of aromatic amines is 1. The van der Waals surface area contributed by atoms with Gasteiger partial charge >= 0.3 is 11.9 Å². The summed E-state index contributed by atoms with van der Waals surface area (Å²) in [5, 5.41) is 5.14. The van der Waals surface area contributed by atoms with E-state index in [2.05, 4.69) is 26.3 Å². The van der Waals surface area contributed by atoms with Crippen LogP contribution in [0.2, 0.25) is 0 Å². The van der Waals surface area contributed by atoms with E-state index < -0.39 is 35.4 Å². The fraction of sp³-hybridized carbons (Fsp3) is 0.400. The fourth-order valence-corrected chi connectivity index (χ4v) is 4.04. The second-order valence-corrected chi connectivity index (χ2v) is 7.27. The highest BCUT2D eigenvalue weighted by molar-refractivity contribution is 9.10. The first kappa shape index (κ1) is 23.4. The predicted octanol–water partition coefficient (Wildman–Crippen LogP) is 1.61. The third-order valence-corrected chi connectivity index (χ3v) is 5.41. The summed E-state index contributed by atoms with van der Waals surface area (Å²) in [5.74, 6) is -2.47. The van der Waals surface area contributed by atoms with Crippen molar-refractivity contribution in [3.05, 3.63) is 56.4 Å². The van der Waals surface area contributed by atoms with Gasteiger partial charge in [-0.25, -0.2) is 4.79 Å². The van der Waals surface area contributed by atoms with Gasteiger partial charge in [0.1, 0.15) is 4.47 Å². The van der Waals surface area contributed by atoms with Crippen LogP contribution in [0.4, 0.5) is 0 Å². The summed E-state index contributed by atoms with van der Waals surface area (Å²) in [6, 6.07) is 8.76. The lowest BCUT2D eigenvalue weighted by atomic mass is 9.74. The normalized spacial score (nSPS) is 13.7. The summed E-state index contributed by atoms with van der Waals surface area (Å²) < 4.78 is 11.9. The predicted molar refractivity (Wildman–Crippen MR) is 112 cm³/mol. The van der Waals surface area contributed by atoms with Crippen molar-refractivity contribution < 1.29 is 23.9 Å². The topological polar surface area (TPSA) is 119 Å². The molecule has 2 unspecified atom stereocenters. The van der Waals surface area contributed by atoms with E-state index in [1.807, 2.05) is 0 Å². The van der Waals surface area contributed by atoms with Crippen LogP contribution >= 0.6 is 15.9 Å². The van der Waals surface area contributed by atoms with E-state index in [0.29, 0.717) is 17.7 Å². The summed E-state index contributed by atoms with van der Waals surface area (Å²) in [6.07, 6.45) is -0.158. The number of nitrogens with one attached hydrogen (secondary N) is 2. The summed E-state index contributed by atoms with van der Waals surface area (Å²) in [5.41, 5.74) is -1.34. The van der Waals surface area contributed by atoms with Gasteiger partial charge in [-0.1, -0.05) is 30.3 Å². The highest BCUT2D eigenvalue weighted by Crippen LogP contribution is 2.40. The van der Waals surface area contributed by atoms with Crippen molar-refractivity contribution in [2.24, 2.45) is 7.05 Å². The van der Waals surface area contributed by atoms with Crippen LogP contribution in [0.5, 0.6) is 0 Å². The maximum atomic E-state index is 13.2. The number of hydrogen-bond donors (Lipinski definition) is 2. The van der Waals surface area contributed by atoms with Gasteiger partial charge in [0.25, 0.3) is 5.56 Å². The highest BCUT2D eigenvalue weighted by Gasteiger charge is 2.52. The molecule has 1 heterocycles. The molecule has 162 valence electrons. The first-order chi connectivity index (χ1) is 14.3. The number of aromatic nitrogens is 2. The number of ether oxygens (including phenoxy) is 2. The maximum Gasteiger partial charge on any atom is 0.333 e. The van der Waals surface area contributed by atoms with Gasteiger partial charge in [0.05, 0.1) is 31.2 Å². The molecule has 0 saturated heterocycles. The van der Waals surface area contributed by atoms with Gasteiger partial charge in [-0.05, 0) is 35.3 Å². The number of H-pyrrole nitrogens is 1. The van der Waals surface area contributed by atoms with E-state index >= 15 is 0 Å². The third kappa shape index (κ3) is 4.64. The lowest BCUT2D eigenvalue weighted by Gasteiger charge is -2.38. The molecule has 0 aliphatic carbocycles. The molecule has 0 aliphatic heterocycles. The van der Waals surface area contributed by atoms with E-state index in [-0.39, 0.29) is 17.7 Å². The lowest BCUT2D eigenvalue weighted by Crippen LogP contribution is -2.58. The Morgan fingerprint density at radius 3 is 2.37 bits per heavy atom. The Morgan fingerprint density at radius 2 is 1.87 bits per heavy atom. The number of benzene rings is 1. The number of carbonyl (C=O) groups excluding carboxylic acids is 3. The zero-order valence-corrected chi connectivity index (χ0v) is 18.5. The number of nitrogens with zero attached hydrogens (tertiary/aromatic N) is 1. The molecule has 2 rings (SSSR count). The summed E-state index contributed by atoms with van der Waals surface area (Å²) in [4.78, 5) is 49.7. The average molecular weight is 482 g/mol. The zero-order valence-electron chi connectivity index (χ0n) is 16.9. The van der Waals surface area contributed by atoms with E-state index in [1.165, 1.54) is 4.68 Å². The van der Waals surface area contributed by atoms with E-state index in [9.17, 15) is 19.2 Å². The Hall–Kier alpha value is -2.88. The smallest absolute Gasteiger partial charge is 0.333 e. The largest absolute Gasteiger partial charge is 0.466 e. The number of rotatable bonds is 10. The molecule has 0 spiro atoms. The monoisotopic (exact) mass is 481 g/mol. The first-order valence-electron chi connectivity index (χ1n) is 9.35. The number of hydrogen-bond acceptors (Lipinski definition) is 6. The van der Waals surface area contributed by atoms with Crippen LogP contribution in [0.15, 0.2) is 39.6 Å². The third-order valence-electron chi connectivity index (χ3n) is 4.64. The molecule has 2 N–H and O–H groups in total. The van der Waals surface area contributed by atoms with E-state index in [4.69, 9.17) is 9.47 Å². The van der Waals surface area contributed by atoms with Gasteiger partial charge in [-0.2, -0.15) is 0 Å². The van der Waals surface area contributed by atoms with Gasteiger partial charge < -0.3 is 14.8 Å². The van der Waals surface area contributed by atoms with E-state index in [1.54, 1.807) is 51.2 Å². The van der Waals surface area contributed by atoms with Crippen molar-refractivity contribution in [1.82, 2.24) is 15.1 Å². The molecule has 10 heteroatoms. The molecule has 0 saturated carbocycles. The summed E-state index contributed by atoms with van der Waals surface area (Å²) >= 11 is 3.28. The molecular weight excluding hydrogens is 458 g/mol. The van der Waals surface area contributed by atoms with Crippen molar-refractivity contribution in [3.8, 4) is 0 Å². The number of halogens is 1. The maximum absolute atomic E-state index is 13.2. The Balaban J connectivity index is 2.85. The quantitative estimate of drug-likeness (QED) is 0.392. The zero-order chi connectivity index (χ0) is 22.3. The van der Waals surface area contributed by atoms with Gasteiger partial charge in [-0.15, -0.1) is 0 Å². The van der Waals surface area contributed by atoms with Crippen LogP contribution in [-0.2, 0) is 30.9 Å². The minimum atomic E-state index is -1.86. The average Bonchev–Trinajstić information content (AvgIpc) is 2.95. The summed E-state index contributed by atoms with van der Waals surface area (Å²) in [7, 11) is 1.60. The molecule has 1 aromatic heterocycles. The molecule has 30 heavy (non-hydrogen) atoms. The van der Waals surface area contributed by atoms with Gasteiger partial charge in [0.15, 0.2) is 5.54 Å². The van der Waals surface area contributed by atoms with Gasteiger partial charge in [0, 0.05) is 7.05 Å². The molecule has 0 radical (unpaired) electrons. The van der Waals surface area contributed by atoms with Crippen molar-refractivity contribution in [2.75, 3.05) is 13.2 Å². The molecule has 0 fully saturated rings. The fourth-order valence-electron chi connectivity index (χ4n) is 3.46. The first-order valence-corrected chi connectivity index (χ1v) is 10.1. The minimum Gasteiger partial charge on any atom is -0.466 e. The summed E-state index contributed by atoms with van der Waals surface area (Å²) in [6.45, 7) is 3.38. The second kappa shape index (κ2) is 10.2. The molecular formula is C20H24BrN3O6. The molecule has 9 nitrogen and oxygen atoms in total. The Kier molecular flexibility index (Phi) is 7.99. The Labute approximate surface area is 181 Å². The van der Waals surface area contributed by atoms with Crippen molar-refractivity contribution in [1.29, 1.82) is 0 Å². The Morgan fingerprint density at radius 1 is 1.23 bits per heavy atom. The van der Waals surface area contributed by atoms with Crippen molar-refractivity contribution in [3.63, 3.8) is 0 Å². The van der Waals surface area contributed by atoms with Crippen LogP contribution in [0, 0.1) is 0 Å². The van der Waals surface area contributed by atoms with Crippen LogP contribution in [0.25, 0.3) is 0 Å². The molecule has 0 aliphatic rings. The SMILES string of the molecule is CCOC(=O)CC(NC=O)(C(=O)OCC)C(c1ccccc1)c1c(Br)c(=O)[nH]n1C. The van der Waals surface area contributed by atoms with Crippen molar-refractivity contribution >= 4 is 34.3 Å².